The van der Waals surface area contributed by atoms with Crippen molar-refractivity contribution in [3.8, 4) is 0 Å². The number of aromatic nitrogens is 1. The first kappa shape index (κ1) is 21.4. The molecule has 0 unspecified atom stereocenters. The lowest BCUT2D eigenvalue weighted by Crippen LogP contribution is -2.30. The van der Waals surface area contributed by atoms with Crippen molar-refractivity contribution in [3.05, 3.63) is 130 Å². The number of amides is 1. The van der Waals surface area contributed by atoms with Gasteiger partial charge in [-0.15, -0.1) is 0 Å². The normalized spacial score (nSPS) is 14.3. The number of aryl methyl sites for hydroxylation is 2. The minimum absolute atomic E-state index is 0.0348. The lowest BCUT2D eigenvalue weighted by atomic mass is 9.85. The first-order chi connectivity index (χ1) is 17.1. The molecule has 2 heterocycles. The van der Waals surface area contributed by atoms with Crippen molar-refractivity contribution >= 4 is 23.5 Å². The van der Waals surface area contributed by atoms with E-state index < -0.39 is 0 Å². The summed E-state index contributed by atoms with van der Waals surface area (Å²) in [7, 11) is 0. The smallest absolute Gasteiger partial charge is 0.258 e. The zero-order chi connectivity index (χ0) is 23.9. The molecule has 0 saturated carbocycles. The molecule has 0 atom stereocenters. The van der Waals surface area contributed by atoms with E-state index in [1.807, 2.05) is 58.0 Å². The van der Waals surface area contributed by atoms with E-state index in [1.54, 1.807) is 0 Å². The Hall–Kier alpha value is -4.18. The summed E-state index contributed by atoms with van der Waals surface area (Å²) < 4.78 is 2.00. The Bertz CT molecular complexity index is 1510. The summed E-state index contributed by atoms with van der Waals surface area (Å²) in [5, 5.41) is 0. The quantitative estimate of drug-likeness (QED) is 0.343. The maximum atomic E-state index is 13.9. The molecule has 3 aromatic carbocycles. The van der Waals surface area contributed by atoms with Crippen LogP contribution in [0.25, 0.3) is 5.57 Å². The number of anilines is 1. The largest absolute Gasteiger partial charge is 0.336 e. The number of fused-ring (bicyclic) bond motifs is 3. The van der Waals surface area contributed by atoms with Gasteiger partial charge in [0.05, 0.1) is 18.8 Å². The van der Waals surface area contributed by atoms with Crippen LogP contribution in [0.4, 0.5) is 5.69 Å². The van der Waals surface area contributed by atoms with Crippen molar-refractivity contribution in [1.29, 1.82) is 0 Å². The van der Waals surface area contributed by atoms with Crippen LogP contribution in [0.5, 0.6) is 0 Å². The Morgan fingerprint density at radius 2 is 1.66 bits per heavy atom. The zero-order valence-corrected chi connectivity index (χ0v) is 19.7. The number of rotatable bonds is 3. The molecule has 1 aliphatic carbocycles. The number of hydrogen-bond acceptors (Lipinski definition) is 2. The van der Waals surface area contributed by atoms with E-state index in [-0.39, 0.29) is 5.91 Å². The number of benzene rings is 3. The third kappa shape index (κ3) is 3.62. The fourth-order valence-electron chi connectivity index (χ4n) is 5.46. The number of para-hydroxylation sites is 1. The van der Waals surface area contributed by atoms with Gasteiger partial charge in [-0.25, -0.2) is 0 Å². The van der Waals surface area contributed by atoms with Crippen LogP contribution in [0.3, 0.4) is 0 Å². The van der Waals surface area contributed by atoms with Gasteiger partial charge in [0.1, 0.15) is 0 Å². The molecule has 0 radical (unpaired) electrons. The van der Waals surface area contributed by atoms with Crippen LogP contribution in [0.15, 0.2) is 84.9 Å². The summed E-state index contributed by atoms with van der Waals surface area (Å²) in [6.07, 6.45) is 5.29. The predicted octanol–water partition coefficient (Wildman–Crippen LogP) is 6.20. The van der Waals surface area contributed by atoms with E-state index in [0.717, 1.165) is 41.6 Å². The highest BCUT2D eigenvalue weighted by Gasteiger charge is 2.26. The van der Waals surface area contributed by atoms with Crippen LogP contribution >= 0.6 is 0 Å². The van der Waals surface area contributed by atoms with Gasteiger partial charge >= 0.3 is 0 Å². The van der Waals surface area contributed by atoms with Crippen LogP contribution in [0, 0.1) is 6.92 Å². The summed E-state index contributed by atoms with van der Waals surface area (Å²) in [6.45, 7) is 3.08. The molecule has 172 valence electrons. The summed E-state index contributed by atoms with van der Waals surface area (Å²) in [4.78, 5) is 27.3. The average molecular weight is 459 g/mol. The first-order valence-corrected chi connectivity index (χ1v) is 12.1. The second-order valence-corrected chi connectivity index (χ2v) is 9.32. The molecular weight excluding hydrogens is 432 g/mol. The van der Waals surface area contributed by atoms with Gasteiger partial charge in [-0.05, 0) is 83.5 Å². The van der Waals surface area contributed by atoms with E-state index in [1.165, 1.54) is 22.3 Å². The third-order valence-corrected chi connectivity index (χ3v) is 7.23. The molecule has 0 spiro atoms. The highest BCUT2D eigenvalue weighted by molar-refractivity contribution is 6.07. The Morgan fingerprint density at radius 1 is 0.857 bits per heavy atom. The van der Waals surface area contributed by atoms with E-state index in [9.17, 15) is 9.59 Å². The SMILES string of the molecule is Cc1cc(C(=O)N2Cc3ccc(C=O)n3Cc3ccccc32)ccc1C1=CCCc2ccccc21. The highest BCUT2D eigenvalue weighted by atomic mass is 16.2. The predicted molar refractivity (Wildman–Crippen MR) is 139 cm³/mol. The molecular formula is C31H26N2O2. The Morgan fingerprint density at radius 3 is 2.49 bits per heavy atom. The van der Waals surface area contributed by atoms with Crippen LogP contribution in [-0.2, 0) is 19.5 Å². The molecule has 1 amide bonds. The van der Waals surface area contributed by atoms with Gasteiger partial charge in [0.25, 0.3) is 5.91 Å². The molecule has 0 saturated heterocycles. The van der Waals surface area contributed by atoms with Gasteiger partial charge in [0.2, 0.25) is 0 Å². The monoisotopic (exact) mass is 458 g/mol. The minimum Gasteiger partial charge on any atom is -0.336 e. The second-order valence-electron chi connectivity index (χ2n) is 9.32. The lowest BCUT2D eigenvalue weighted by molar-refractivity contribution is 0.0984. The van der Waals surface area contributed by atoms with Crippen molar-refractivity contribution in [1.82, 2.24) is 4.57 Å². The molecule has 0 N–H and O–H groups in total. The second kappa shape index (κ2) is 8.55. The number of carbonyl (C=O) groups excluding carboxylic acids is 2. The molecule has 1 aromatic heterocycles. The highest BCUT2D eigenvalue weighted by Crippen LogP contribution is 2.34. The van der Waals surface area contributed by atoms with Gasteiger partial charge in [-0.3, -0.25) is 9.59 Å². The molecule has 4 aromatic rings. The number of aldehydes is 1. The Kier molecular flexibility index (Phi) is 5.22. The van der Waals surface area contributed by atoms with Crippen LogP contribution in [-0.4, -0.2) is 16.8 Å². The summed E-state index contributed by atoms with van der Waals surface area (Å²) in [6, 6.07) is 26.4. The van der Waals surface area contributed by atoms with Crippen molar-refractivity contribution in [2.45, 2.75) is 32.9 Å². The van der Waals surface area contributed by atoms with Gasteiger partial charge in [-0.2, -0.15) is 0 Å². The number of carbonyl (C=O) groups is 2. The van der Waals surface area contributed by atoms with Gasteiger partial charge in [0.15, 0.2) is 6.29 Å². The zero-order valence-electron chi connectivity index (χ0n) is 19.7. The molecule has 0 fully saturated rings. The third-order valence-electron chi connectivity index (χ3n) is 7.23. The molecule has 1 aliphatic heterocycles. The fraction of sp³-hybridized carbons (Fsp3) is 0.161. The van der Waals surface area contributed by atoms with Crippen LogP contribution in [0.2, 0.25) is 0 Å². The van der Waals surface area contributed by atoms with Gasteiger partial charge < -0.3 is 9.47 Å². The van der Waals surface area contributed by atoms with E-state index in [2.05, 4.69) is 43.3 Å². The first-order valence-electron chi connectivity index (χ1n) is 12.1. The topological polar surface area (TPSA) is 42.3 Å². The molecule has 4 nitrogen and oxygen atoms in total. The standard InChI is InChI=1S/C31H26N2O2/c1-21-17-23(13-16-27(21)29-11-6-9-22-7-2-4-10-28(22)29)31(35)33-19-25-14-15-26(20-34)32(25)18-24-8-3-5-12-30(24)33/h2-5,7-8,10-17,20H,6,9,18-19H2,1H3. The molecule has 35 heavy (non-hydrogen) atoms. The van der Waals surface area contributed by atoms with Crippen LogP contribution in [0.1, 0.15) is 60.8 Å². The van der Waals surface area contributed by atoms with Gasteiger partial charge in [0, 0.05) is 16.9 Å². The fourth-order valence-corrected chi connectivity index (χ4v) is 5.46. The van der Waals surface area contributed by atoms with Crippen LogP contribution < -0.4 is 4.90 Å². The van der Waals surface area contributed by atoms with E-state index in [0.29, 0.717) is 24.3 Å². The van der Waals surface area contributed by atoms with Crippen molar-refractivity contribution in [2.75, 3.05) is 4.90 Å². The van der Waals surface area contributed by atoms with E-state index >= 15 is 0 Å². The summed E-state index contributed by atoms with van der Waals surface area (Å²) in [5.41, 5.74) is 10.4. The van der Waals surface area contributed by atoms with Crippen molar-refractivity contribution in [2.24, 2.45) is 0 Å². The van der Waals surface area contributed by atoms with Gasteiger partial charge in [-0.1, -0.05) is 54.6 Å². The maximum Gasteiger partial charge on any atom is 0.258 e. The number of allylic oxidation sites excluding steroid dienone is 1. The average Bonchev–Trinajstić information content (AvgIpc) is 3.19. The van der Waals surface area contributed by atoms with E-state index in [4.69, 9.17) is 0 Å². The Balaban J connectivity index is 1.38. The summed E-state index contributed by atoms with van der Waals surface area (Å²) >= 11 is 0. The summed E-state index contributed by atoms with van der Waals surface area (Å²) in [5.74, 6) is -0.0348. The van der Waals surface area contributed by atoms with Crippen molar-refractivity contribution < 1.29 is 9.59 Å². The molecule has 4 heteroatoms. The molecule has 0 bridgehead atoms. The Labute approximate surface area is 205 Å². The molecule has 2 aliphatic rings. The minimum atomic E-state index is -0.0348. The number of hydrogen-bond donors (Lipinski definition) is 0. The maximum absolute atomic E-state index is 13.9. The van der Waals surface area contributed by atoms with Crippen molar-refractivity contribution in [3.63, 3.8) is 0 Å². The molecule has 6 rings (SSSR count). The number of nitrogens with zero attached hydrogens (tertiary/aromatic N) is 2. The lowest BCUT2D eigenvalue weighted by Gasteiger charge is -2.24.